The van der Waals surface area contributed by atoms with Crippen LogP contribution in [0.3, 0.4) is 0 Å². The molecule has 122 valence electrons. The quantitative estimate of drug-likeness (QED) is 0.906. The summed E-state index contributed by atoms with van der Waals surface area (Å²) in [6.07, 6.45) is 1.87. The number of hydrogen-bond donors (Lipinski definition) is 1. The molecule has 2 atom stereocenters. The molecular weight excluding hydrogens is 282 g/mol. The van der Waals surface area contributed by atoms with Gasteiger partial charge in [-0.15, -0.1) is 0 Å². The Hall–Kier alpha value is -1.46. The number of rotatable bonds is 5. The van der Waals surface area contributed by atoms with E-state index < -0.39 is 0 Å². The van der Waals surface area contributed by atoms with E-state index in [1.807, 2.05) is 26.0 Å². The van der Waals surface area contributed by atoms with Crippen LogP contribution in [0.25, 0.3) is 0 Å². The lowest BCUT2D eigenvalue weighted by Gasteiger charge is -2.39. The van der Waals surface area contributed by atoms with Crippen molar-refractivity contribution < 1.29 is 18.9 Å². The van der Waals surface area contributed by atoms with Crippen LogP contribution in [-0.2, 0) is 4.74 Å². The molecule has 0 radical (unpaired) electrons. The highest BCUT2D eigenvalue weighted by Crippen LogP contribution is 2.51. The molecule has 1 aromatic carbocycles. The summed E-state index contributed by atoms with van der Waals surface area (Å²) in [4.78, 5) is 0. The minimum absolute atomic E-state index is 0.0264. The SMILES string of the molecule is CCOc1ccc2c(c1OCC)OC1(CCNC1)CC2OC. The molecule has 2 aliphatic rings. The summed E-state index contributed by atoms with van der Waals surface area (Å²) >= 11 is 0. The Kier molecular flexibility index (Phi) is 4.45. The van der Waals surface area contributed by atoms with Crippen molar-refractivity contribution in [2.45, 2.75) is 38.4 Å². The molecule has 1 saturated heterocycles. The zero-order valence-electron chi connectivity index (χ0n) is 13.6. The molecule has 2 unspecified atom stereocenters. The van der Waals surface area contributed by atoms with Gasteiger partial charge in [-0.05, 0) is 32.5 Å². The molecular formula is C17H25NO4. The number of nitrogens with one attached hydrogen (secondary N) is 1. The molecule has 2 aliphatic heterocycles. The van der Waals surface area contributed by atoms with Gasteiger partial charge < -0.3 is 24.3 Å². The second-order valence-corrected chi connectivity index (χ2v) is 5.82. The molecule has 0 saturated carbocycles. The fourth-order valence-corrected chi connectivity index (χ4v) is 3.37. The van der Waals surface area contributed by atoms with Crippen molar-refractivity contribution in [1.29, 1.82) is 0 Å². The van der Waals surface area contributed by atoms with Gasteiger partial charge in [-0.25, -0.2) is 0 Å². The van der Waals surface area contributed by atoms with E-state index >= 15 is 0 Å². The molecule has 1 fully saturated rings. The van der Waals surface area contributed by atoms with Gasteiger partial charge in [0.05, 0.1) is 19.3 Å². The van der Waals surface area contributed by atoms with E-state index in [2.05, 4.69) is 5.32 Å². The van der Waals surface area contributed by atoms with Gasteiger partial charge in [-0.1, -0.05) is 0 Å². The van der Waals surface area contributed by atoms with E-state index in [1.165, 1.54) is 0 Å². The number of fused-ring (bicyclic) bond motifs is 1. The highest BCUT2D eigenvalue weighted by Gasteiger charge is 2.45. The third-order valence-corrected chi connectivity index (χ3v) is 4.41. The highest BCUT2D eigenvalue weighted by atomic mass is 16.6. The van der Waals surface area contributed by atoms with E-state index in [9.17, 15) is 0 Å². The number of methoxy groups -OCH3 is 1. The first kappa shape index (κ1) is 15.4. The minimum Gasteiger partial charge on any atom is -0.490 e. The average molecular weight is 307 g/mol. The molecule has 2 heterocycles. The molecule has 5 nitrogen and oxygen atoms in total. The Morgan fingerprint density at radius 3 is 2.73 bits per heavy atom. The van der Waals surface area contributed by atoms with Crippen molar-refractivity contribution in [3.05, 3.63) is 17.7 Å². The second kappa shape index (κ2) is 6.34. The molecule has 0 aromatic heterocycles. The Balaban J connectivity index is 2.06. The molecule has 0 aliphatic carbocycles. The molecule has 0 amide bonds. The van der Waals surface area contributed by atoms with E-state index in [4.69, 9.17) is 18.9 Å². The van der Waals surface area contributed by atoms with Crippen LogP contribution in [0.1, 0.15) is 38.4 Å². The predicted molar refractivity (Wildman–Crippen MR) is 84.0 cm³/mol. The summed E-state index contributed by atoms with van der Waals surface area (Å²) in [7, 11) is 1.76. The fraction of sp³-hybridized carbons (Fsp3) is 0.647. The number of hydrogen-bond acceptors (Lipinski definition) is 5. The van der Waals surface area contributed by atoms with E-state index in [0.29, 0.717) is 19.0 Å². The highest BCUT2D eigenvalue weighted by molar-refractivity contribution is 5.58. The average Bonchev–Trinajstić information content (AvgIpc) is 2.97. The fourth-order valence-electron chi connectivity index (χ4n) is 3.37. The van der Waals surface area contributed by atoms with Crippen LogP contribution in [0.15, 0.2) is 12.1 Å². The van der Waals surface area contributed by atoms with Gasteiger partial charge in [-0.2, -0.15) is 0 Å². The van der Waals surface area contributed by atoms with Crippen molar-refractivity contribution in [3.8, 4) is 17.2 Å². The van der Waals surface area contributed by atoms with Gasteiger partial charge in [0, 0.05) is 32.1 Å². The lowest BCUT2D eigenvalue weighted by molar-refractivity contribution is -0.0225. The Morgan fingerprint density at radius 1 is 1.27 bits per heavy atom. The summed E-state index contributed by atoms with van der Waals surface area (Å²) in [5.74, 6) is 2.23. The largest absolute Gasteiger partial charge is 0.490 e. The van der Waals surface area contributed by atoms with Crippen LogP contribution < -0.4 is 19.5 Å². The normalized spacial score (nSPS) is 26.6. The number of ether oxygens (including phenoxy) is 4. The van der Waals surface area contributed by atoms with Crippen molar-refractivity contribution in [1.82, 2.24) is 5.32 Å². The van der Waals surface area contributed by atoms with Crippen molar-refractivity contribution in [3.63, 3.8) is 0 Å². The molecule has 22 heavy (non-hydrogen) atoms. The zero-order valence-corrected chi connectivity index (χ0v) is 13.6. The summed E-state index contributed by atoms with van der Waals surface area (Å²) in [6, 6.07) is 3.99. The first-order valence-corrected chi connectivity index (χ1v) is 8.08. The minimum atomic E-state index is -0.204. The lowest BCUT2D eigenvalue weighted by Crippen LogP contribution is -2.43. The van der Waals surface area contributed by atoms with Gasteiger partial charge in [0.2, 0.25) is 5.75 Å². The van der Waals surface area contributed by atoms with Crippen molar-refractivity contribution in [2.24, 2.45) is 0 Å². The Morgan fingerprint density at radius 2 is 2.09 bits per heavy atom. The maximum atomic E-state index is 6.44. The summed E-state index contributed by atoms with van der Waals surface area (Å²) in [5, 5.41) is 3.40. The Bertz CT molecular complexity index is 526. The molecule has 5 heteroatoms. The van der Waals surface area contributed by atoms with Crippen LogP contribution in [-0.4, -0.2) is 39.0 Å². The molecule has 0 bridgehead atoms. The van der Waals surface area contributed by atoms with E-state index in [0.717, 1.165) is 43.0 Å². The summed E-state index contributed by atoms with van der Waals surface area (Å²) < 4.78 is 23.7. The van der Waals surface area contributed by atoms with Crippen LogP contribution >= 0.6 is 0 Å². The topological polar surface area (TPSA) is 49.0 Å². The first-order valence-electron chi connectivity index (χ1n) is 8.08. The second-order valence-electron chi connectivity index (χ2n) is 5.82. The molecule has 1 spiro atoms. The van der Waals surface area contributed by atoms with Gasteiger partial charge in [0.1, 0.15) is 5.60 Å². The van der Waals surface area contributed by atoms with Crippen LogP contribution in [0, 0.1) is 0 Å². The smallest absolute Gasteiger partial charge is 0.203 e. The predicted octanol–water partition coefficient (Wildman–Crippen LogP) is 2.69. The summed E-state index contributed by atoms with van der Waals surface area (Å²) in [5.41, 5.74) is 0.844. The maximum Gasteiger partial charge on any atom is 0.203 e. The van der Waals surface area contributed by atoms with Gasteiger partial charge in [0.25, 0.3) is 0 Å². The molecule has 1 aromatic rings. The standard InChI is InChI=1S/C17H25NO4/c1-4-20-13-7-6-12-14(19-3)10-17(8-9-18-11-17)22-15(12)16(13)21-5-2/h6-7,14,18H,4-5,8-11H2,1-3H3. The van der Waals surface area contributed by atoms with E-state index in [1.54, 1.807) is 7.11 Å². The molecule has 1 N–H and O–H groups in total. The molecule has 3 rings (SSSR count). The van der Waals surface area contributed by atoms with Crippen molar-refractivity contribution >= 4 is 0 Å². The van der Waals surface area contributed by atoms with Crippen molar-refractivity contribution in [2.75, 3.05) is 33.4 Å². The van der Waals surface area contributed by atoms with Gasteiger partial charge in [-0.3, -0.25) is 0 Å². The summed E-state index contributed by atoms with van der Waals surface area (Å²) in [6.45, 7) is 6.93. The number of benzene rings is 1. The zero-order chi connectivity index (χ0) is 15.6. The van der Waals surface area contributed by atoms with Gasteiger partial charge >= 0.3 is 0 Å². The van der Waals surface area contributed by atoms with Crippen LogP contribution in [0.2, 0.25) is 0 Å². The van der Waals surface area contributed by atoms with Gasteiger partial charge in [0.15, 0.2) is 11.5 Å². The monoisotopic (exact) mass is 307 g/mol. The van der Waals surface area contributed by atoms with Crippen LogP contribution in [0.5, 0.6) is 17.2 Å². The lowest BCUT2D eigenvalue weighted by atomic mass is 9.87. The van der Waals surface area contributed by atoms with Crippen LogP contribution in [0.4, 0.5) is 0 Å². The maximum absolute atomic E-state index is 6.44. The first-order chi connectivity index (χ1) is 10.7. The van der Waals surface area contributed by atoms with E-state index in [-0.39, 0.29) is 11.7 Å². The Labute approximate surface area is 131 Å². The third kappa shape index (κ3) is 2.63. The third-order valence-electron chi connectivity index (χ3n) is 4.41.